The van der Waals surface area contributed by atoms with Crippen LogP contribution in [0.2, 0.25) is 5.02 Å². The smallest absolute Gasteiger partial charge is 0.243 e. The molecule has 0 atom stereocenters. The number of nitrogens with zero attached hydrogens (tertiary/aromatic N) is 2. The molecular weight excluding hydrogens is 318 g/mol. The first kappa shape index (κ1) is 15.4. The quantitative estimate of drug-likeness (QED) is 0.910. The van der Waals surface area contributed by atoms with E-state index in [9.17, 15) is 8.42 Å². The highest BCUT2D eigenvalue weighted by molar-refractivity contribution is 7.89. The van der Waals surface area contributed by atoms with Crippen molar-refractivity contribution in [2.24, 2.45) is 5.73 Å². The van der Waals surface area contributed by atoms with Gasteiger partial charge in [0.25, 0.3) is 0 Å². The molecule has 0 spiro atoms. The van der Waals surface area contributed by atoms with Gasteiger partial charge in [0.2, 0.25) is 10.0 Å². The Morgan fingerprint density at radius 1 is 1.45 bits per heavy atom. The van der Waals surface area contributed by atoms with Crippen molar-refractivity contribution in [2.75, 3.05) is 7.05 Å². The number of hydrogen-bond acceptors (Lipinski definition) is 5. The molecular formula is C12H14ClN3O2S2. The van der Waals surface area contributed by atoms with Crippen molar-refractivity contribution in [3.63, 3.8) is 0 Å². The van der Waals surface area contributed by atoms with Gasteiger partial charge in [-0.3, -0.25) is 0 Å². The summed E-state index contributed by atoms with van der Waals surface area (Å²) in [6.07, 6.45) is 0. The molecule has 1 aromatic carbocycles. The van der Waals surface area contributed by atoms with Crippen molar-refractivity contribution < 1.29 is 8.42 Å². The predicted octanol–water partition coefficient (Wildman–Crippen LogP) is 2.08. The third-order valence-corrected chi connectivity index (χ3v) is 5.61. The van der Waals surface area contributed by atoms with E-state index in [1.807, 2.05) is 5.38 Å². The molecule has 0 saturated heterocycles. The van der Waals surface area contributed by atoms with E-state index in [1.165, 1.54) is 34.8 Å². The predicted molar refractivity (Wildman–Crippen MR) is 80.1 cm³/mol. The number of halogens is 1. The Hall–Kier alpha value is -0.990. The van der Waals surface area contributed by atoms with Crippen molar-refractivity contribution >= 4 is 33.0 Å². The Kier molecular flexibility index (Phi) is 4.77. The van der Waals surface area contributed by atoms with E-state index in [0.717, 1.165) is 0 Å². The topological polar surface area (TPSA) is 76.3 Å². The van der Waals surface area contributed by atoms with Gasteiger partial charge in [0.15, 0.2) is 0 Å². The largest absolute Gasteiger partial charge is 0.326 e. The molecule has 20 heavy (non-hydrogen) atoms. The molecule has 0 unspecified atom stereocenters. The lowest BCUT2D eigenvalue weighted by atomic mass is 10.2. The lowest BCUT2D eigenvalue weighted by molar-refractivity contribution is 0.463. The average Bonchev–Trinajstić information content (AvgIpc) is 2.91. The number of benzene rings is 1. The van der Waals surface area contributed by atoms with Gasteiger partial charge in [0.1, 0.15) is 0 Å². The highest BCUT2D eigenvalue weighted by atomic mass is 35.5. The minimum atomic E-state index is -3.59. The van der Waals surface area contributed by atoms with Crippen molar-refractivity contribution in [3.8, 4) is 0 Å². The molecule has 1 aromatic heterocycles. The van der Waals surface area contributed by atoms with E-state index < -0.39 is 10.0 Å². The van der Waals surface area contributed by atoms with E-state index in [0.29, 0.717) is 16.3 Å². The van der Waals surface area contributed by atoms with Gasteiger partial charge in [-0.05, 0) is 17.7 Å². The number of rotatable bonds is 5. The Labute approximate surface area is 127 Å². The van der Waals surface area contributed by atoms with Gasteiger partial charge in [-0.1, -0.05) is 17.7 Å². The van der Waals surface area contributed by atoms with Crippen LogP contribution in [0.15, 0.2) is 34.0 Å². The number of sulfonamides is 1. The molecule has 0 aliphatic heterocycles. The Morgan fingerprint density at radius 2 is 2.20 bits per heavy atom. The van der Waals surface area contributed by atoms with E-state index in [2.05, 4.69) is 4.98 Å². The third kappa shape index (κ3) is 3.18. The maximum Gasteiger partial charge on any atom is 0.243 e. The van der Waals surface area contributed by atoms with E-state index in [-0.39, 0.29) is 18.0 Å². The van der Waals surface area contributed by atoms with Gasteiger partial charge in [0.05, 0.1) is 22.6 Å². The first-order valence-corrected chi connectivity index (χ1v) is 8.53. The monoisotopic (exact) mass is 331 g/mol. The SMILES string of the molecule is CN(Cc1cscn1)S(=O)(=O)c1ccc(CN)c(Cl)c1. The summed E-state index contributed by atoms with van der Waals surface area (Å²) in [5.41, 5.74) is 8.61. The van der Waals surface area contributed by atoms with Crippen LogP contribution in [0.5, 0.6) is 0 Å². The Bertz CT molecular complexity index is 687. The zero-order chi connectivity index (χ0) is 14.8. The van der Waals surface area contributed by atoms with E-state index >= 15 is 0 Å². The molecule has 5 nitrogen and oxygen atoms in total. The molecule has 0 amide bonds. The van der Waals surface area contributed by atoms with Crippen molar-refractivity contribution in [1.82, 2.24) is 9.29 Å². The molecule has 2 aromatic rings. The molecule has 0 aliphatic carbocycles. The number of thiazole rings is 1. The average molecular weight is 332 g/mol. The van der Waals surface area contributed by atoms with Crippen LogP contribution in [0.25, 0.3) is 0 Å². The second-order valence-electron chi connectivity index (χ2n) is 4.20. The van der Waals surface area contributed by atoms with Gasteiger partial charge in [0, 0.05) is 24.0 Å². The van der Waals surface area contributed by atoms with Crippen LogP contribution in [-0.2, 0) is 23.1 Å². The second kappa shape index (κ2) is 6.19. The summed E-state index contributed by atoms with van der Waals surface area (Å²) in [5, 5.41) is 2.17. The van der Waals surface area contributed by atoms with Crippen molar-refractivity contribution in [3.05, 3.63) is 45.4 Å². The molecule has 0 aliphatic rings. The van der Waals surface area contributed by atoms with E-state index in [1.54, 1.807) is 11.6 Å². The van der Waals surface area contributed by atoms with Crippen LogP contribution in [0.1, 0.15) is 11.3 Å². The minimum Gasteiger partial charge on any atom is -0.326 e. The highest BCUT2D eigenvalue weighted by Crippen LogP contribution is 2.23. The Morgan fingerprint density at radius 3 is 2.75 bits per heavy atom. The van der Waals surface area contributed by atoms with Crippen LogP contribution in [0, 0.1) is 0 Å². The molecule has 108 valence electrons. The fourth-order valence-corrected chi connectivity index (χ4v) is 3.70. The van der Waals surface area contributed by atoms with Crippen LogP contribution in [0.3, 0.4) is 0 Å². The summed E-state index contributed by atoms with van der Waals surface area (Å²) >= 11 is 7.44. The summed E-state index contributed by atoms with van der Waals surface area (Å²) < 4.78 is 26.1. The maximum atomic E-state index is 12.4. The minimum absolute atomic E-state index is 0.150. The van der Waals surface area contributed by atoms with Crippen molar-refractivity contribution in [2.45, 2.75) is 18.0 Å². The molecule has 0 bridgehead atoms. The lowest BCUT2D eigenvalue weighted by Crippen LogP contribution is -2.26. The van der Waals surface area contributed by atoms with Crippen molar-refractivity contribution in [1.29, 1.82) is 0 Å². The van der Waals surface area contributed by atoms with Crippen LogP contribution in [0.4, 0.5) is 0 Å². The third-order valence-electron chi connectivity index (χ3n) is 2.82. The van der Waals surface area contributed by atoms with Gasteiger partial charge < -0.3 is 5.73 Å². The first-order valence-electron chi connectivity index (χ1n) is 5.77. The molecule has 0 saturated carbocycles. The summed E-state index contributed by atoms with van der Waals surface area (Å²) in [6.45, 7) is 0.496. The molecule has 2 N–H and O–H groups in total. The zero-order valence-electron chi connectivity index (χ0n) is 10.8. The fraction of sp³-hybridized carbons (Fsp3) is 0.250. The molecule has 1 heterocycles. The molecule has 0 fully saturated rings. The van der Waals surface area contributed by atoms with Gasteiger partial charge in [-0.15, -0.1) is 11.3 Å². The number of nitrogens with two attached hydrogens (primary N) is 1. The summed E-state index contributed by atoms with van der Waals surface area (Å²) in [5.74, 6) is 0. The first-order chi connectivity index (χ1) is 9.45. The number of aromatic nitrogens is 1. The van der Waals surface area contributed by atoms with E-state index in [4.69, 9.17) is 17.3 Å². The highest BCUT2D eigenvalue weighted by Gasteiger charge is 2.22. The lowest BCUT2D eigenvalue weighted by Gasteiger charge is -2.16. The van der Waals surface area contributed by atoms with Gasteiger partial charge in [-0.25, -0.2) is 13.4 Å². The summed E-state index contributed by atoms with van der Waals surface area (Å²) in [7, 11) is -2.08. The van der Waals surface area contributed by atoms with Crippen LogP contribution in [-0.4, -0.2) is 24.8 Å². The van der Waals surface area contributed by atoms with Gasteiger partial charge in [-0.2, -0.15) is 4.31 Å². The molecule has 0 radical (unpaired) electrons. The Balaban J connectivity index is 2.27. The summed E-state index contributed by atoms with van der Waals surface area (Å²) in [4.78, 5) is 4.23. The maximum absolute atomic E-state index is 12.4. The van der Waals surface area contributed by atoms with Crippen LogP contribution >= 0.6 is 22.9 Å². The summed E-state index contributed by atoms with van der Waals surface area (Å²) in [6, 6.07) is 4.57. The fourth-order valence-electron chi connectivity index (χ4n) is 1.66. The zero-order valence-corrected chi connectivity index (χ0v) is 13.2. The standard InChI is InChI=1S/C12H14ClN3O2S2/c1-16(6-10-7-19-8-15-10)20(17,18)11-3-2-9(5-14)12(13)4-11/h2-4,7-8H,5-6,14H2,1H3. The molecule has 2 rings (SSSR count). The van der Waals surface area contributed by atoms with Crippen LogP contribution < -0.4 is 5.73 Å². The second-order valence-corrected chi connectivity index (χ2v) is 7.37. The normalized spacial score (nSPS) is 12.0. The number of hydrogen-bond donors (Lipinski definition) is 1. The molecule has 8 heteroatoms. The van der Waals surface area contributed by atoms with Gasteiger partial charge >= 0.3 is 0 Å².